The van der Waals surface area contributed by atoms with Crippen molar-refractivity contribution in [2.75, 3.05) is 24.4 Å². The van der Waals surface area contributed by atoms with Crippen molar-refractivity contribution in [2.45, 2.75) is 25.2 Å². The lowest BCUT2D eigenvalue weighted by atomic mass is 10.0. The minimum atomic E-state index is -4.55. The summed E-state index contributed by atoms with van der Waals surface area (Å²) in [4.78, 5) is 21.7. The third-order valence-electron chi connectivity index (χ3n) is 5.97. The van der Waals surface area contributed by atoms with E-state index < -0.39 is 23.8 Å². The number of anilines is 2. The fourth-order valence-corrected chi connectivity index (χ4v) is 4.13. The summed E-state index contributed by atoms with van der Waals surface area (Å²) >= 11 is 0. The molecule has 0 spiro atoms. The maximum atomic E-state index is 13.3. The van der Waals surface area contributed by atoms with E-state index in [1.54, 1.807) is 12.1 Å². The Labute approximate surface area is 221 Å². The molecular formula is C27H23F3N6O3. The maximum absolute atomic E-state index is 13.3. The Balaban J connectivity index is 1.46. The molecule has 2 aromatic carbocycles. The Morgan fingerprint density at radius 2 is 1.85 bits per heavy atom. The van der Waals surface area contributed by atoms with Crippen LogP contribution in [0.1, 0.15) is 28.7 Å². The Hall–Kier alpha value is -4.58. The molecule has 0 bridgehead atoms. The first-order valence-electron chi connectivity index (χ1n) is 12.0. The summed E-state index contributed by atoms with van der Waals surface area (Å²) in [5.41, 5.74) is 2.22. The molecule has 9 nitrogen and oxygen atoms in total. The van der Waals surface area contributed by atoms with Crippen LogP contribution in [0.5, 0.6) is 0 Å². The highest BCUT2D eigenvalue weighted by molar-refractivity contribution is 6.19. The summed E-state index contributed by atoms with van der Waals surface area (Å²) < 4.78 is 50.6. The number of alkyl halides is 3. The quantitative estimate of drug-likeness (QED) is 0.306. The molecule has 0 saturated heterocycles. The Morgan fingerprint density at radius 1 is 1.08 bits per heavy atom. The number of hydrogen-bond donors (Lipinski definition) is 2. The summed E-state index contributed by atoms with van der Waals surface area (Å²) in [6.07, 6.45) is -4.26. The van der Waals surface area contributed by atoms with E-state index in [2.05, 4.69) is 30.8 Å². The van der Waals surface area contributed by atoms with Gasteiger partial charge >= 0.3 is 12.2 Å². The van der Waals surface area contributed by atoms with Gasteiger partial charge in [-0.05, 0) is 30.5 Å². The summed E-state index contributed by atoms with van der Waals surface area (Å²) in [5, 5.41) is 13.6. The van der Waals surface area contributed by atoms with Gasteiger partial charge in [0.2, 0.25) is 6.17 Å². The normalized spacial score (nSPS) is 15.2. The van der Waals surface area contributed by atoms with E-state index in [1.165, 1.54) is 7.11 Å². The topological polar surface area (TPSA) is 115 Å². The van der Waals surface area contributed by atoms with E-state index in [9.17, 15) is 18.0 Å². The highest BCUT2D eigenvalue weighted by Crippen LogP contribution is 2.33. The summed E-state index contributed by atoms with van der Waals surface area (Å²) in [7, 11) is 1.51. The van der Waals surface area contributed by atoms with Gasteiger partial charge in [-0.15, -0.1) is 5.10 Å². The first-order valence-corrected chi connectivity index (χ1v) is 12.0. The molecule has 1 aliphatic heterocycles. The van der Waals surface area contributed by atoms with Crippen molar-refractivity contribution in [3.8, 4) is 11.6 Å². The van der Waals surface area contributed by atoms with Crippen LogP contribution in [-0.4, -0.2) is 46.7 Å². The number of carbonyl (C=O) groups excluding carboxylic acids is 1. The van der Waals surface area contributed by atoms with Gasteiger partial charge < -0.3 is 19.8 Å². The van der Waals surface area contributed by atoms with Crippen molar-refractivity contribution in [1.82, 2.24) is 15.2 Å². The number of ether oxygens (including phenoxy) is 1. The predicted octanol–water partition coefficient (Wildman–Crippen LogP) is 4.96. The number of rotatable bonds is 8. The fraction of sp³-hybridized carbons (Fsp3) is 0.222. The zero-order valence-electron chi connectivity index (χ0n) is 20.7. The SMILES string of the molecule is COCCCc1cc(C(F)(F)F)cnc1-c1nnc(N[C@H]2N=C(c3ccccc3)c3ccccc3NC2=O)o1. The van der Waals surface area contributed by atoms with Gasteiger partial charge in [-0.1, -0.05) is 53.6 Å². The molecule has 4 aromatic rings. The number of methoxy groups -OCH3 is 1. The van der Waals surface area contributed by atoms with Gasteiger partial charge in [0.1, 0.15) is 5.69 Å². The molecular weight excluding hydrogens is 513 g/mol. The minimum Gasteiger partial charge on any atom is -0.402 e. The Kier molecular flexibility index (Phi) is 7.37. The molecule has 39 heavy (non-hydrogen) atoms. The first-order chi connectivity index (χ1) is 18.8. The van der Waals surface area contributed by atoms with E-state index in [-0.39, 0.29) is 29.6 Å². The number of halogens is 3. The number of benzodiazepines with no additional fused rings is 1. The number of fused-ring (bicyclic) bond motifs is 1. The highest BCUT2D eigenvalue weighted by atomic mass is 19.4. The largest absolute Gasteiger partial charge is 0.417 e. The van der Waals surface area contributed by atoms with Gasteiger partial charge in [-0.2, -0.15) is 13.2 Å². The van der Waals surface area contributed by atoms with E-state index in [1.807, 2.05) is 42.5 Å². The number of para-hydroxylation sites is 1. The third-order valence-corrected chi connectivity index (χ3v) is 5.97. The number of hydrogen-bond acceptors (Lipinski definition) is 8. The van der Waals surface area contributed by atoms with E-state index in [0.29, 0.717) is 24.4 Å². The number of amides is 1. The number of nitrogens with zero attached hydrogens (tertiary/aromatic N) is 4. The molecule has 0 fully saturated rings. The number of aryl methyl sites for hydroxylation is 1. The molecule has 0 radical (unpaired) electrons. The fourth-order valence-electron chi connectivity index (χ4n) is 4.13. The Bertz CT molecular complexity index is 1500. The second-order valence-electron chi connectivity index (χ2n) is 8.66. The number of carbonyl (C=O) groups is 1. The van der Waals surface area contributed by atoms with E-state index in [4.69, 9.17) is 9.15 Å². The molecule has 3 heterocycles. The Morgan fingerprint density at radius 3 is 2.62 bits per heavy atom. The lowest BCUT2D eigenvalue weighted by Crippen LogP contribution is -2.32. The smallest absolute Gasteiger partial charge is 0.402 e. The molecule has 200 valence electrons. The lowest BCUT2D eigenvalue weighted by Gasteiger charge is -2.12. The second kappa shape index (κ2) is 11.0. The number of aromatic nitrogens is 3. The van der Waals surface area contributed by atoms with Crippen molar-refractivity contribution >= 4 is 23.3 Å². The van der Waals surface area contributed by atoms with Crippen molar-refractivity contribution in [3.05, 3.63) is 89.1 Å². The van der Waals surface area contributed by atoms with Gasteiger partial charge in [-0.3, -0.25) is 9.78 Å². The molecule has 5 rings (SSSR count). The molecule has 1 amide bonds. The molecule has 1 aliphatic rings. The molecule has 0 unspecified atom stereocenters. The van der Waals surface area contributed by atoms with Crippen molar-refractivity contribution in [1.29, 1.82) is 0 Å². The van der Waals surface area contributed by atoms with Crippen LogP contribution in [0.15, 0.2) is 76.3 Å². The molecule has 1 atom stereocenters. The molecule has 2 aromatic heterocycles. The summed E-state index contributed by atoms with van der Waals surface area (Å²) in [5.74, 6) is -0.552. The first kappa shape index (κ1) is 26.0. The zero-order valence-corrected chi connectivity index (χ0v) is 20.7. The minimum absolute atomic E-state index is 0.0942. The van der Waals surface area contributed by atoms with Crippen LogP contribution in [0.3, 0.4) is 0 Å². The van der Waals surface area contributed by atoms with Gasteiger partial charge in [0, 0.05) is 31.0 Å². The van der Waals surface area contributed by atoms with Gasteiger partial charge in [0.05, 0.1) is 17.0 Å². The van der Waals surface area contributed by atoms with Crippen LogP contribution in [-0.2, 0) is 22.1 Å². The van der Waals surface area contributed by atoms with Crippen LogP contribution < -0.4 is 10.6 Å². The maximum Gasteiger partial charge on any atom is 0.417 e. The number of benzene rings is 2. The summed E-state index contributed by atoms with van der Waals surface area (Å²) in [6, 6.07) is 17.6. The van der Waals surface area contributed by atoms with Crippen LogP contribution in [0.25, 0.3) is 11.6 Å². The lowest BCUT2D eigenvalue weighted by molar-refractivity contribution is -0.137. The summed E-state index contributed by atoms with van der Waals surface area (Å²) in [6.45, 7) is 0.354. The molecule has 0 saturated carbocycles. The number of nitrogens with one attached hydrogen (secondary N) is 2. The van der Waals surface area contributed by atoms with Gasteiger partial charge in [0.15, 0.2) is 0 Å². The zero-order chi connectivity index (χ0) is 27.4. The molecule has 2 N–H and O–H groups in total. The predicted molar refractivity (Wildman–Crippen MR) is 137 cm³/mol. The standard InChI is InChI=1S/C27H23F3N6O3/c1-38-13-7-10-17-14-18(27(28,29)30)15-31-22(17)25-35-36-26(39-25)34-23-24(37)32-20-12-6-5-11-19(20)21(33-23)16-8-3-2-4-9-16/h2-6,8-9,11-12,14-15,23H,7,10,13H2,1H3,(H,32,37)(H,34,36)/t23-/m1/s1. The number of aliphatic imine (C=N–C) groups is 1. The monoisotopic (exact) mass is 536 g/mol. The van der Waals surface area contributed by atoms with E-state index in [0.717, 1.165) is 23.4 Å². The number of pyridine rings is 1. The highest BCUT2D eigenvalue weighted by Gasteiger charge is 2.32. The second-order valence-corrected chi connectivity index (χ2v) is 8.66. The van der Waals surface area contributed by atoms with Crippen molar-refractivity contribution < 1.29 is 27.1 Å². The average molecular weight is 537 g/mol. The van der Waals surface area contributed by atoms with E-state index >= 15 is 0 Å². The van der Waals surface area contributed by atoms with Crippen molar-refractivity contribution in [2.24, 2.45) is 4.99 Å². The molecule has 0 aliphatic carbocycles. The van der Waals surface area contributed by atoms with Crippen LogP contribution in [0, 0.1) is 0 Å². The average Bonchev–Trinajstić information content (AvgIpc) is 3.34. The van der Waals surface area contributed by atoms with Gasteiger partial charge in [0.25, 0.3) is 11.8 Å². The van der Waals surface area contributed by atoms with Gasteiger partial charge in [-0.25, -0.2) is 4.99 Å². The van der Waals surface area contributed by atoms with Crippen molar-refractivity contribution in [3.63, 3.8) is 0 Å². The van der Waals surface area contributed by atoms with Crippen LogP contribution in [0.2, 0.25) is 0 Å². The molecule has 12 heteroatoms. The van der Waals surface area contributed by atoms with Crippen LogP contribution >= 0.6 is 0 Å². The third kappa shape index (κ3) is 5.80. The van der Waals surface area contributed by atoms with Crippen LogP contribution in [0.4, 0.5) is 24.9 Å².